The minimum atomic E-state index is -0.688. The average Bonchev–Trinajstić information content (AvgIpc) is 3.24. The summed E-state index contributed by atoms with van der Waals surface area (Å²) in [5.41, 5.74) is 10.4. The lowest BCUT2D eigenvalue weighted by Crippen LogP contribution is -2.03. The number of nitrogens with zero attached hydrogens (tertiary/aromatic N) is 2. The fourth-order valence-electron chi connectivity index (χ4n) is 6.20. The van der Waals surface area contributed by atoms with Crippen LogP contribution in [0.25, 0.3) is 59.8 Å². The zero-order valence-corrected chi connectivity index (χ0v) is 20.8. The number of fused-ring (bicyclic) bond motifs is 4. The first-order chi connectivity index (χ1) is 17.8. The molecule has 0 bridgehead atoms. The molecule has 0 aliphatic carbocycles. The standard InChI is InChI=1S/C33H23N2P/c1-22-31(23-12-4-2-5-13-23)25-16-10-21-30-32(25)34(22)27-18-11-19-28-33(27)36(30)29-20-9-8-17-26(29)35(28)24-14-6-3-7-15-24/h2-21H,1H3. The van der Waals surface area contributed by atoms with Crippen LogP contribution in [0.3, 0.4) is 0 Å². The van der Waals surface area contributed by atoms with Crippen LogP contribution in [0.15, 0.2) is 121 Å². The first-order valence-corrected chi connectivity index (χ1v) is 13.7. The van der Waals surface area contributed by atoms with E-state index < -0.39 is 7.53 Å². The molecule has 1 atom stereocenters. The van der Waals surface area contributed by atoms with E-state index in [-0.39, 0.29) is 0 Å². The van der Waals surface area contributed by atoms with Crippen LogP contribution in [0.4, 0.5) is 0 Å². The zero-order chi connectivity index (χ0) is 23.8. The highest BCUT2D eigenvalue weighted by Gasteiger charge is 2.26. The normalized spacial score (nSPS) is 12.5. The van der Waals surface area contributed by atoms with Gasteiger partial charge in [-0.15, -0.1) is 0 Å². The molecule has 0 saturated heterocycles. The highest BCUT2D eigenvalue weighted by atomic mass is 31.1. The van der Waals surface area contributed by atoms with Crippen molar-refractivity contribution in [3.63, 3.8) is 0 Å². The maximum absolute atomic E-state index is 2.53. The van der Waals surface area contributed by atoms with Crippen molar-refractivity contribution >= 4 is 45.2 Å². The molecule has 0 saturated carbocycles. The van der Waals surface area contributed by atoms with Crippen LogP contribution < -0.4 is 0 Å². The van der Waals surface area contributed by atoms with Crippen molar-refractivity contribution < 1.29 is 0 Å². The van der Waals surface area contributed by atoms with Crippen LogP contribution in [-0.4, -0.2) is 8.97 Å². The Kier molecular flexibility index (Phi) is 4.09. The van der Waals surface area contributed by atoms with E-state index in [1.807, 2.05) is 0 Å². The lowest BCUT2D eigenvalue weighted by molar-refractivity contribution is 1.15. The maximum Gasteiger partial charge on any atom is 0.0653 e. The number of hydrogen-bond acceptors (Lipinski definition) is 0. The molecule has 6 aromatic rings. The third-order valence-electron chi connectivity index (χ3n) is 7.59. The summed E-state index contributed by atoms with van der Waals surface area (Å²) >= 11 is 0. The molecule has 0 spiro atoms. The summed E-state index contributed by atoms with van der Waals surface area (Å²) in [5.74, 6) is 0. The van der Waals surface area contributed by atoms with E-state index in [9.17, 15) is 0 Å². The van der Waals surface area contributed by atoms with Crippen LogP contribution >= 0.6 is 7.53 Å². The quantitative estimate of drug-likeness (QED) is 0.173. The Hall–Kier alpha value is -4.26. The molecule has 170 valence electrons. The van der Waals surface area contributed by atoms with E-state index in [0.29, 0.717) is 0 Å². The number of hydrogen-bond donors (Lipinski definition) is 0. The van der Waals surface area contributed by atoms with E-state index in [1.54, 1.807) is 0 Å². The number of aryl methyl sites for hydroxylation is 1. The van der Waals surface area contributed by atoms with Gasteiger partial charge in [0.25, 0.3) is 0 Å². The molecule has 0 fully saturated rings. The smallest absolute Gasteiger partial charge is 0.0653 e. The lowest BCUT2D eigenvalue weighted by atomic mass is 10.0. The number of rotatable bonds is 2. The third-order valence-corrected chi connectivity index (χ3v) is 10.2. The fraction of sp³-hybridized carbons (Fsp3) is 0.0303. The predicted octanol–water partition coefficient (Wildman–Crippen LogP) is 9.58. The van der Waals surface area contributed by atoms with E-state index in [4.69, 9.17) is 0 Å². The van der Waals surface area contributed by atoms with Gasteiger partial charge >= 0.3 is 0 Å². The highest BCUT2D eigenvalue weighted by Crippen LogP contribution is 2.59. The molecule has 2 aliphatic heterocycles. The summed E-state index contributed by atoms with van der Waals surface area (Å²) in [6, 6.07) is 44.4. The molecule has 5 aromatic carbocycles. The monoisotopic (exact) mass is 478 g/mol. The second kappa shape index (κ2) is 7.37. The van der Waals surface area contributed by atoms with E-state index >= 15 is 0 Å². The fourth-order valence-corrected chi connectivity index (χ4v) is 9.06. The number of para-hydroxylation sites is 3. The van der Waals surface area contributed by atoms with Crippen molar-refractivity contribution in [3.05, 3.63) is 127 Å². The van der Waals surface area contributed by atoms with Gasteiger partial charge < -0.3 is 8.97 Å². The Bertz CT molecular complexity index is 2040. The summed E-state index contributed by atoms with van der Waals surface area (Å²) in [6.45, 7) is 2.28. The Morgan fingerprint density at radius 2 is 1.19 bits per heavy atom. The minimum absolute atomic E-state index is 0.688. The van der Waals surface area contributed by atoms with Gasteiger partial charge in [0.2, 0.25) is 0 Å². The summed E-state index contributed by atoms with van der Waals surface area (Å²) in [7, 11) is -0.688. The van der Waals surface area contributed by atoms with Crippen LogP contribution in [0.5, 0.6) is 0 Å². The van der Waals surface area contributed by atoms with Gasteiger partial charge in [-0.05, 0) is 55.0 Å². The van der Waals surface area contributed by atoms with Gasteiger partial charge in [0.1, 0.15) is 0 Å². The summed E-state index contributed by atoms with van der Waals surface area (Å²) < 4.78 is 4.98. The van der Waals surface area contributed by atoms with Crippen LogP contribution in [0.2, 0.25) is 0 Å². The number of aromatic nitrogens is 2. The summed E-state index contributed by atoms with van der Waals surface area (Å²) in [6.07, 6.45) is 0. The van der Waals surface area contributed by atoms with E-state index in [1.165, 1.54) is 65.5 Å². The first kappa shape index (κ1) is 20.0. The molecule has 36 heavy (non-hydrogen) atoms. The molecule has 3 heteroatoms. The molecule has 0 N–H and O–H groups in total. The second-order valence-electron chi connectivity index (χ2n) is 9.48. The van der Waals surface area contributed by atoms with Crippen molar-refractivity contribution in [1.82, 2.24) is 8.97 Å². The van der Waals surface area contributed by atoms with Crippen LogP contribution in [0.1, 0.15) is 5.69 Å². The molecular weight excluding hydrogens is 455 g/mol. The van der Waals surface area contributed by atoms with Crippen molar-refractivity contribution in [2.24, 2.45) is 0 Å². The van der Waals surface area contributed by atoms with Gasteiger partial charge in [0.15, 0.2) is 0 Å². The van der Waals surface area contributed by atoms with E-state index in [2.05, 4.69) is 137 Å². The van der Waals surface area contributed by atoms with Crippen LogP contribution in [-0.2, 0) is 0 Å². The Morgan fingerprint density at radius 1 is 0.556 bits per heavy atom. The van der Waals surface area contributed by atoms with Crippen LogP contribution in [0, 0.1) is 6.92 Å². The van der Waals surface area contributed by atoms with Gasteiger partial charge in [-0.25, -0.2) is 0 Å². The van der Waals surface area contributed by atoms with Crippen molar-refractivity contribution in [2.45, 2.75) is 6.92 Å². The number of benzene rings is 5. The van der Waals surface area contributed by atoms with Crippen molar-refractivity contribution in [3.8, 4) is 22.1 Å². The largest absolute Gasteiger partial charge is 0.311 e. The first-order valence-electron chi connectivity index (χ1n) is 12.4. The van der Waals surface area contributed by atoms with Crippen molar-refractivity contribution in [1.29, 1.82) is 0 Å². The molecular formula is C33H23N2P. The van der Waals surface area contributed by atoms with Crippen molar-refractivity contribution in [2.75, 3.05) is 0 Å². The Labute approximate surface area is 210 Å². The maximum atomic E-state index is 2.53. The second-order valence-corrected chi connectivity index (χ2v) is 11.6. The molecule has 8 rings (SSSR count). The van der Waals surface area contributed by atoms with Gasteiger partial charge in [-0.1, -0.05) is 86.4 Å². The molecule has 1 unspecified atom stereocenters. The Morgan fingerprint density at radius 3 is 2.03 bits per heavy atom. The minimum Gasteiger partial charge on any atom is -0.311 e. The predicted molar refractivity (Wildman–Crippen MR) is 155 cm³/mol. The highest BCUT2D eigenvalue weighted by molar-refractivity contribution is 7.68. The summed E-state index contributed by atoms with van der Waals surface area (Å²) in [4.78, 5) is 0. The summed E-state index contributed by atoms with van der Waals surface area (Å²) in [5, 5.41) is 5.68. The molecule has 2 aliphatic rings. The molecule has 0 amide bonds. The average molecular weight is 479 g/mol. The zero-order valence-electron chi connectivity index (χ0n) is 19.9. The molecule has 0 radical (unpaired) electrons. The topological polar surface area (TPSA) is 9.34 Å². The lowest BCUT2D eigenvalue weighted by Gasteiger charge is -2.25. The van der Waals surface area contributed by atoms with Gasteiger partial charge in [-0.2, -0.15) is 0 Å². The van der Waals surface area contributed by atoms with Gasteiger partial charge in [0, 0.05) is 37.9 Å². The Balaban J connectivity index is 1.69. The third kappa shape index (κ3) is 2.52. The molecule has 1 aromatic heterocycles. The van der Waals surface area contributed by atoms with E-state index in [0.717, 1.165) is 0 Å². The SMILES string of the molecule is Cc1c(-c2ccccc2)c2cccc3c2n1c1cccc2c1-p3c1ccccc1n2-c1ccccc1. The van der Waals surface area contributed by atoms with Gasteiger partial charge in [0.05, 0.1) is 22.1 Å². The van der Waals surface area contributed by atoms with Gasteiger partial charge in [-0.3, -0.25) is 0 Å². The molecule has 3 heterocycles. The molecule has 2 nitrogen and oxygen atoms in total.